The van der Waals surface area contributed by atoms with Crippen LogP contribution in [0, 0.1) is 0 Å². The zero-order valence-corrected chi connectivity index (χ0v) is 8.71. The summed E-state index contributed by atoms with van der Waals surface area (Å²) in [6, 6.07) is 9.78. The van der Waals surface area contributed by atoms with Gasteiger partial charge in [-0.2, -0.15) is 0 Å². The van der Waals surface area contributed by atoms with Crippen molar-refractivity contribution in [2.24, 2.45) is 4.99 Å². The van der Waals surface area contributed by atoms with E-state index in [2.05, 4.69) is 4.99 Å². The van der Waals surface area contributed by atoms with Crippen LogP contribution in [0.4, 0.5) is 0 Å². The van der Waals surface area contributed by atoms with Crippen LogP contribution in [0.25, 0.3) is 0 Å². The fourth-order valence-electron chi connectivity index (χ4n) is 1.47. The number of nitrogens with zero attached hydrogens (tertiary/aromatic N) is 1. The van der Waals surface area contributed by atoms with Crippen LogP contribution < -0.4 is 0 Å². The molecule has 0 bridgehead atoms. The molecule has 0 radical (unpaired) electrons. The average molecular weight is 207 g/mol. The molecule has 0 fully saturated rings. The number of rotatable bonds is 3. The zero-order chi connectivity index (χ0) is 10.7. The molecule has 1 aromatic carbocycles. The molecule has 0 spiro atoms. The lowest BCUT2D eigenvalue weighted by Crippen LogP contribution is -2.23. The van der Waals surface area contributed by atoms with Crippen molar-refractivity contribution < 1.29 is 14.2 Å². The number of hydrogen-bond acceptors (Lipinski definition) is 4. The van der Waals surface area contributed by atoms with Crippen LogP contribution in [0.15, 0.2) is 35.3 Å². The molecule has 0 aromatic heterocycles. The predicted octanol–water partition coefficient (Wildman–Crippen LogP) is 1.41. The summed E-state index contributed by atoms with van der Waals surface area (Å²) < 4.78 is 15.6. The number of hydrogen-bond donors (Lipinski definition) is 0. The molecule has 0 saturated carbocycles. The third-order valence-corrected chi connectivity index (χ3v) is 2.19. The lowest BCUT2D eigenvalue weighted by atomic mass is 10.1. The minimum atomic E-state index is -0.565. The maximum absolute atomic E-state index is 5.38. The Bertz CT molecular complexity index is 350. The molecule has 1 aromatic rings. The van der Waals surface area contributed by atoms with Crippen molar-refractivity contribution in [2.75, 3.05) is 14.2 Å². The molecule has 4 nitrogen and oxygen atoms in total. The highest BCUT2D eigenvalue weighted by Gasteiger charge is 2.29. The smallest absolute Gasteiger partial charge is 0.260 e. The van der Waals surface area contributed by atoms with Gasteiger partial charge in [-0.25, -0.2) is 4.99 Å². The molecule has 1 aliphatic heterocycles. The Hall–Kier alpha value is -1.23. The van der Waals surface area contributed by atoms with E-state index in [9.17, 15) is 0 Å². The van der Waals surface area contributed by atoms with Crippen LogP contribution >= 0.6 is 0 Å². The van der Waals surface area contributed by atoms with Crippen molar-refractivity contribution in [3.63, 3.8) is 0 Å². The van der Waals surface area contributed by atoms with Crippen LogP contribution in [0.1, 0.15) is 5.56 Å². The molecule has 4 heteroatoms. The van der Waals surface area contributed by atoms with E-state index in [1.807, 2.05) is 30.3 Å². The van der Waals surface area contributed by atoms with Gasteiger partial charge >= 0.3 is 0 Å². The van der Waals surface area contributed by atoms with Crippen molar-refractivity contribution in [1.29, 1.82) is 0 Å². The highest BCUT2D eigenvalue weighted by atomic mass is 16.8. The molecule has 0 saturated heterocycles. The Morgan fingerprint density at radius 3 is 2.47 bits per heavy atom. The van der Waals surface area contributed by atoms with Gasteiger partial charge in [-0.15, -0.1) is 0 Å². The van der Waals surface area contributed by atoms with E-state index in [0.29, 0.717) is 0 Å². The average Bonchev–Trinajstić information content (AvgIpc) is 2.73. The molecule has 0 unspecified atom stereocenters. The Kier molecular flexibility index (Phi) is 3.11. The van der Waals surface area contributed by atoms with Crippen LogP contribution in [0.2, 0.25) is 0 Å². The Morgan fingerprint density at radius 2 is 1.87 bits per heavy atom. The number of methoxy groups -OCH3 is 2. The predicted molar refractivity (Wildman–Crippen MR) is 55.7 cm³/mol. The molecule has 15 heavy (non-hydrogen) atoms. The van der Waals surface area contributed by atoms with Crippen molar-refractivity contribution in [3.8, 4) is 0 Å². The molecule has 0 aliphatic carbocycles. The van der Waals surface area contributed by atoms with E-state index in [-0.39, 0.29) is 0 Å². The van der Waals surface area contributed by atoms with Crippen molar-refractivity contribution in [1.82, 2.24) is 0 Å². The second-order valence-electron chi connectivity index (χ2n) is 3.13. The Labute approximate surface area is 88.5 Å². The third kappa shape index (κ3) is 2.07. The van der Waals surface area contributed by atoms with Crippen molar-refractivity contribution in [3.05, 3.63) is 35.9 Å². The number of aliphatic imine (C=N–C) groups is 1. The van der Waals surface area contributed by atoms with Crippen molar-refractivity contribution in [2.45, 2.75) is 12.7 Å². The van der Waals surface area contributed by atoms with Crippen LogP contribution in [0.5, 0.6) is 0 Å². The largest absolute Gasteiger partial charge is 0.350 e. The van der Waals surface area contributed by atoms with Gasteiger partial charge in [0.1, 0.15) is 5.71 Å². The standard InChI is InChI=1S/C11H13NO3/c1-13-10-9(12-11(14-2)15-10)8-6-4-3-5-7-8/h3-7,10-11H,1-2H3/t10-,11+/m1/s1. The first-order valence-corrected chi connectivity index (χ1v) is 4.69. The summed E-state index contributed by atoms with van der Waals surface area (Å²) in [5.74, 6) is 0. The first-order chi connectivity index (χ1) is 7.35. The van der Waals surface area contributed by atoms with E-state index >= 15 is 0 Å². The lowest BCUT2D eigenvalue weighted by Gasteiger charge is -2.11. The molecular weight excluding hydrogens is 194 g/mol. The van der Waals surface area contributed by atoms with Crippen LogP contribution in [-0.4, -0.2) is 32.6 Å². The summed E-state index contributed by atoms with van der Waals surface area (Å²) in [5.41, 5.74) is 1.76. The number of benzene rings is 1. The monoisotopic (exact) mass is 207 g/mol. The summed E-state index contributed by atoms with van der Waals surface area (Å²) in [5, 5.41) is 0. The maximum Gasteiger partial charge on any atom is 0.260 e. The molecule has 2 atom stereocenters. The fraction of sp³-hybridized carbons (Fsp3) is 0.364. The highest BCUT2D eigenvalue weighted by Crippen LogP contribution is 2.18. The minimum absolute atomic E-state index is 0.447. The Morgan fingerprint density at radius 1 is 1.13 bits per heavy atom. The van der Waals surface area contributed by atoms with Gasteiger partial charge in [-0.3, -0.25) is 4.74 Å². The van der Waals surface area contributed by atoms with Gasteiger partial charge < -0.3 is 9.47 Å². The van der Waals surface area contributed by atoms with Gasteiger partial charge in [0.2, 0.25) is 6.29 Å². The quantitative estimate of drug-likeness (QED) is 0.752. The van der Waals surface area contributed by atoms with Gasteiger partial charge in [0.15, 0.2) is 0 Å². The molecular formula is C11H13NO3. The third-order valence-electron chi connectivity index (χ3n) is 2.19. The van der Waals surface area contributed by atoms with Crippen LogP contribution in [-0.2, 0) is 14.2 Å². The SMILES string of the molecule is CO[C@@H]1N=C(c2ccccc2)[C@H](OC)O1. The van der Waals surface area contributed by atoms with Gasteiger partial charge in [-0.1, -0.05) is 30.3 Å². The molecule has 1 heterocycles. The van der Waals surface area contributed by atoms with E-state index in [4.69, 9.17) is 14.2 Å². The summed E-state index contributed by atoms with van der Waals surface area (Å²) in [7, 11) is 3.13. The van der Waals surface area contributed by atoms with E-state index < -0.39 is 12.7 Å². The van der Waals surface area contributed by atoms with Crippen LogP contribution in [0.3, 0.4) is 0 Å². The minimum Gasteiger partial charge on any atom is -0.350 e. The Balaban J connectivity index is 2.27. The molecule has 0 amide bonds. The number of ether oxygens (including phenoxy) is 3. The normalized spacial score (nSPS) is 25.3. The first-order valence-electron chi connectivity index (χ1n) is 4.69. The van der Waals surface area contributed by atoms with E-state index in [0.717, 1.165) is 11.3 Å². The summed E-state index contributed by atoms with van der Waals surface area (Å²) in [6.07, 6.45) is -1.01. The summed E-state index contributed by atoms with van der Waals surface area (Å²) in [4.78, 5) is 4.28. The topological polar surface area (TPSA) is 40.0 Å². The van der Waals surface area contributed by atoms with Gasteiger partial charge in [0, 0.05) is 19.8 Å². The van der Waals surface area contributed by atoms with E-state index in [1.54, 1.807) is 14.2 Å². The second kappa shape index (κ2) is 4.53. The highest BCUT2D eigenvalue weighted by molar-refractivity contribution is 6.03. The summed E-state index contributed by atoms with van der Waals surface area (Å²) in [6.45, 7) is 0. The molecule has 0 N–H and O–H groups in total. The van der Waals surface area contributed by atoms with E-state index in [1.165, 1.54) is 0 Å². The van der Waals surface area contributed by atoms with Gasteiger partial charge in [0.05, 0.1) is 0 Å². The van der Waals surface area contributed by atoms with Crippen molar-refractivity contribution >= 4 is 5.71 Å². The summed E-state index contributed by atoms with van der Waals surface area (Å²) >= 11 is 0. The molecule has 80 valence electrons. The first kappa shape index (κ1) is 10.3. The second-order valence-corrected chi connectivity index (χ2v) is 3.13. The lowest BCUT2D eigenvalue weighted by molar-refractivity contribution is -0.181. The van der Waals surface area contributed by atoms with Gasteiger partial charge in [0.25, 0.3) is 6.41 Å². The fourth-order valence-corrected chi connectivity index (χ4v) is 1.47. The zero-order valence-electron chi connectivity index (χ0n) is 8.71. The van der Waals surface area contributed by atoms with Gasteiger partial charge in [-0.05, 0) is 0 Å². The maximum atomic E-state index is 5.38. The molecule has 1 aliphatic rings. The molecule has 2 rings (SSSR count).